The average molecular weight is 589 g/mol. The Hall–Kier alpha value is -4.95. The normalized spacial score (nSPS) is 14.6. The van der Waals surface area contributed by atoms with Gasteiger partial charge in [0.15, 0.2) is 5.82 Å². The van der Waals surface area contributed by atoms with Gasteiger partial charge in [0.25, 0.3) is 5.88 Å². The molecule has 0 bridgehead atoms. The van der Waals surface area contributed by atoms with Crippen molar-refractivity contribution in [3.05, 3.63) is 88.8 Å². The first-order chi connectivity index (χ1) is 20.3. The van der Waals surface area contributed by atoms with Gasteiger partial charge in [-0.15, -0.1) is 0 Å². The van der Waals surface area contributed by atoms with E-state index in [1.165, 1.54) is 13.1 Å². The number of likely N-dealkylation sites (tertiary alicyclic amines) is 1. The fourth-order valence-corrected chi connectivity index (χ4v) is 4.84. The molecule has 1 fully saturated rings. The highest BCUT2D eigenvalue weighted by Gasteiger charge is 2.31. The maximum atomic E-state index is 14.1. The number of piperidine rings is 1. The van der Waals surface area contributed by atoms with E-state index in [0.29, 0.717) is 42.9 Å². The summed E-state index contributed by atoms with van der Waals surface area (Å²) in [7, 11) is 0. The number of pyridine rings is 1. The molecule has 214 valence electrons. The summed E-state index contributed by atoms with van der Waals surface area (Å²) in [5, 5.41) is 17.7. The summed E-state index contributed by atoms with van der Waals surface area (Å²) in [4.78, 5) is 30.4. The Labute approximate surface area is 246 Å². The molecule has 1 saturated heterocycles. The molecule has 0 spiro atoms. The van der Waals surface area contributed by atoms with Crippen LogP contribution in [0.4, 0.5) is 15.0 Å². The third kappa shape index (κ3) is 6.50. The molecule has 5 rings (SSSR count). The van der Waals surface area contributed by atoms with E-state index in [1.54, 1.807) is 33.8 Å². The van der Waals surface area contributed by atoms with E-state index < -0.39 is 11.9 Å². The largest absolute Gasteiger partial charge is 0.445 e. The molecule has 1 aliphatic heterocycles. The molecule has 12 heteroatoms. The quantitative estimate of drug-likeness (QED) is 0.267. The van der Waals surface area contributed by atoms with Crippen LogP contribution in [0.2, 0.25) is 5.02 Å². The van der Waals surface area contributed by atoms with Gasteiger partial charge in [0.05, 0.1) is 11.1 Å². The lowest BCUT2D eigenvalue weighted by Crippen LogP contribution is -2.41. The summed E-state index contributed by atoms with van der Waals surface area (Å²) in [5.74, 6) is -0.745. The number of halogens is 2. The number of carbonyl (C=O) groups excluding carboxylic acids is 2. The van der Waals surface area contributed by atoms with Crippen molar-refractivity contribution in [1.29, 1.82) is 5.26 Å². The number of aromatic nitrogens is 3. The molecular formula is C30H26ClFN6O4. The predicted octanol–water partition coefficient (Wildman–Crippen LogP) is 6.33. The molecule has 2 aromatic heterocycles. The van der Waals surface area contributed by atoms with Crippen LogP contribution in [-0.4, -0.2) is 44.8 Å². The lowest BCUT2D eigenvalue weighted by atomic mass is 10.1. The molecular weight excluding hydrogens is 563 g/mol. The summed E-state index contributed by atoms with van der Waals surface area (Å²) in [6.07, 6.45) is 2.19. The number of rotatable bonds is 7. The molecule has 3 heterocycles. The van der Waals surface area contributed by atoms with Gasteiger partial charge in [0.2, 0.25) is 5.91 Å². The van der Waals surface area contributed by atoms with Crippen LogP contribution in [-0.2, 0) is 16.1 Å². The molecule has 2 aromatic carbocycles. The van der Waals surface area contributed by atoms with Gasteiger partial charge >= 0.3 is 6.09 Å². The molecule has 1 N–H and O–H groups in total. The van der Waals surface area contributed by atoms with Crippen LogP contribution < -0.4 is 10.1 Å². The summed E-state index contributed by atoms with van der Waals surface area (Å²) in [6.45, 7) is 2.31. The second-order valence-electron chi connectivity index (χ2n) is 9.66. The Balaban J connectivity index is 1.38. The van der Waals surface area contributed by atoms with Crippen molar-refractivity contribution in [2.24, 2.45) is 0 Å². The van der Waals surface area contributed by atoms with E-state index in [1.807, 2.05) is 30.3 Å². The van der Waals surface area contributed by atoms with Gasteiger partial charge in [-0.1, -0.05) is 41.9 Å². The number of hydrogen-bond acceptors (Lipinski definition) is 7. The maximum absolute atomic E-state index is 14.1. The molecule has 2 amide bonds. The highest BCUT2D eigenvalue weighted by atomic mass is 35.5. The maximum Gasteiger partial charge on any atom is 0.410 e. The monoisotopic (exact) mass is 588 g/mol. The minimum Gasteiger partial charge on any atom is -0.445 e. The Morgan fingerprint density at radius 1 is 1.19 bits per heavy atom. The van der Waals surface area contributed by atoms with Crippen molar-refractivity contribution in [3.63, 3.8) is 0 Å². The molecule has 0 saturated carbocycles. The van der Waals surface area contributed by atoms with Crippen LogP contribution in [0.25, 0.3) is 11.3 Å². The van der Waals surface area contributed by atoms with Crippen LogP contribution in [0.3, 0.4) is 0 Å². The zero-order valence-electron chi connectivity index (χ0n) is 22.6. The summed E-state index contributed by atoms with van der Waals surface area (Å²) < 4.78 is 26.8. The molecule has 1 atom stereocenters. The standard InChI is InChI=1S/C30H26ClFN6O4/c1-19(39)35-28-25(15-33)27(21-9-11-24(12-10-21)42-29-26(32)14-22(31)16-34-29)36-38(28)23-8-5-13-37(17-23)30(40)41-18-20-6-3-2-4-7-20/h2-4,6-7,9-12,14,16,23H,5,8,13,17-18H2,1H3,(H,35,39)/t23-/m1/s1. The summed E-state index contributed by atoms with van der Waals surface area (Å²) >= 11 is 5.75. The number of hydrogen-bond donors (Lipinski definition) is 1. The number of nitriles is 1. The Bertz CT molecular complexity index is 1640. The second-order valence-corrected chi connectivity index (χ2v) is 10.1. The molecule has 4 aromatic rings. The number of nitrogens with zero attached hydrogens (tertiary/aromatic N) is 5. The van der Waals surface area contributed by atoms with Gasteiger partial charge in [-0.25, -0.2) is 18.9 Å². The van der Waals surface area contributed by atoms with Crippen molar-refractivity contribution in [2.45, 2.75) is 32.4 Å². The van der Waals surface area contributed by atoms with Crippen LogP contribution in [0.15, 0.2) is 66.9 Å². The van der Waals surface area contributed by atoms with E-state index in [-0.39, 0.29) is 40.8 Å². The molecule has 42 heavy (non-hydrogen) atoms. The van der Waals surface area contributed by atoms with Crippen LogP contribution >= 0.6 is 11.6 Å². The van der Waals surface area contributed by atoms with E-state index >= 15 is 0 Å². The van der Waals surface area contributed by atoms with Gasteiger partial charge in [0.1, 0.15) is 35.5 Å². The van der Waals surface area contributed by atoms with Crippen LogP contribution in [0.5, 0.6) is 11.6 Å². The number of ether oxygens (including phenoxy) is 2. The fourth-order valence-electron chi connectivity index (χ4n) is 4.69. The average Bonchev–Trinajstić information content (AvgIpc) is 3.35. The molecule has 1 aliphatic rings. The minimum absolute atomic E-state index is 0.148. The Morgan fingerprint density at radius 2 is 1.95 bits per heavy atom. The fraction of sp³-hybridized carbons (Fsp3) is 0.233. The Morgan fingerprint density at radius 3 is 2.64 bits per heavy atom. The smallest absolute Gasteiger partial charge is 0.410 e. The van der Waals surface area contributed by atoms with E-state index in [4.69, 9.17) is 26.2 Å². The first-order valence-electron chi connectivity index (χ1n) is 13.2. The number of benzene rings is 2. The molecule has 0 radical (unpaired) electrons. The minimum atomic E-state index is -0.706. The lowest BCUT2D eigenvalue weighted by Gasteiger charge is -2.32. The summed E-state index contributed by atoms with van der Waals surface area (Å²) in [6, 6.07) is 18.9. The predicted molar refractivity (Wildman–Crippen MR) is 152 cm³/mol. The number of amides is 2. The molecule has 0 aliphatic carbocycles. The van der Waals surface area contributed by atoms with E-state index in [0.717, 1.165) is 11.6 Å². The zero-order valence-corrected chi connectivity index (χ0v) is 23.3. The van der Waals surface area contributed by atoms with Gasteiger partial charge in [-0.3, -0.25) is 4.79 Å². The number of nitrogens with one attached hydrogen (secondary N) is 1. The highest BCUT2D eigenvalue weighted by molar-refractivity contribution is 6.30. The first kappa shape index (κ1) is 28.6. The van der Waals surface area contributed by atoms with Crippen molar-refractivity contribution < 1.29 is 23.5 Å². The molecule has 0 unspecified atom stereocenters. The third-order valence-corrected chi connectivity index (χ3v) is 6.85. The van der Waals surface area contributed by atoms with Gasteiger partial charge in [-0.2, -0.15) is 10.4 Å². The van der Waals surface area contributed by atoms with E-state index in [2.05, 4.69) is 16.4 Å². The summed E-state index contributed by atoms with van der Waals surface area (Å²) in [5.41, 5.74) is 1.97. The number of anilines is 1. The topological polar surface area (TPSA) is 122 Å². The SMILES string of the molecule is CC(=O)Nc1c(C#N)c(-c2ccc(Oc3ncc(Cl)cc3F)cc2)nn1[C@@H]1CCCN(C(=O)OCc2ccccc2)C1. The van der Waals surface area contributed by atoms with Crippen molar-refractivity contribution in [1.82, 2.24) is 19.7 Å². The first-order valence-corrected chi connectivity index (χ1v) is 13.6. The van der Waals surface area contributed by atoms with Crippen molar-refractivity contribution in [3.8, 4) is 29.0 Å². The van der Waals surface area contributed by atoms with Crippen LogP contribution in [0, 0.1) is 17.1 Å². The number of carbonyl (C=O) groups is 2. The van der Waals surface area contributed by atoms with Gasteiger partial charge in [-0.05, 0) is 48.7 Å². The van der Waals surface area contributed by atoms with Gasteiger partial charge < -0.3 is 19.7 Å². The zero-order chi connectivity index (χ0) is 29.6. The second kappa shape index (κ2) is 12.7. The molecule has 10 nitrogen and oxygen atoms in total. The lowest BCUT2D eigenvalue weighted by molar-refractivity contribution is -0.114. The van der Waals surface area contributed by atoms with E-state index in [9.17, 15) is 19.2 Å². The van der Waals surface area contributed by atoms with Crippen LogP contribution in [0.1, 0.15) is 36.9 Å². The van der Waals surface area contributed by atoms with Crippen molar-refractivity contribution >= 4 is 29.4 Å². The third-order valence-electron chi connectivity index (χ3n) is 6.64. The Kier molecular flexibility index (Phi) is 8.64. The van der Waals surface area contributed by atoms with Gasteiger partial charge in [0, 0.05) is 31.8 Å². The highest BCUT2D eigenvalue weighted by Crippen LogP contribution is 2.35. The van der Waals surface area contributed by atoms with Crippen molar-refractivity contribution in [2.75, 3.05) is 18.4 Å².